The first kappa shape index (κ1) is 22.3. The van der Waals surface area contributed by atoms with Crippen LogP contribution in [0.15, 0.2) is 34.9 Å². The largest absolute Gasteiger partial charge is 0.459 e. The van der Waals surface area contributed by atoms with Crippen LogP contribution >= 0.6 is 0 Å². The van der Waals surface area contributed by atoms with Gasteiger partial charge in [-0.3, -0.25) is 4.90 Å². The van der Waals surface area contributed by atoms with E-state index in [2.05, 4.69) is 10.1 Å². The highest BCUT2D eigenvalue weighted by Gasteiger charge is 2.68. The van der Waals surface area contributed by atoms with Crippen LogP contribution in [0.5, 0.6) is 0 Å². The Balaban J connectivity index is 1.49. The predicted molar refractivity (Wildman–Crippen MR) is 112 cm³/mol. The molecule has 1 aliphatic heterocycles. The monoisotopic (exact) mass is 443 g/mol. The molecule has 1 aromatic heterocycles. The molecule has 2 aromatic rings. The lowest BCUT2D eigenvalue weighted by Crippen LogP contribution is -2.46. The topological polar surface area (TPSA) is 115 Å². The molecule has 2 heterocycles. The summed E-state index contributed by atoms with van der Waals surface area (Å²) in [6.45, 7) is 5.47. The van der Waals surface area contributed by atoms with Gasteiger partial charge >= 0.3 is 12.1 Å². The molecule has 0 bridgehead atoms. The van der Waals surface area contributed by atoms with E-state index in [-0.39, 0.29) is 24.7 Å². The Morgan fingerprint density at radius 1 is 1.25 bits per heavy atom. The van der Waals surface area contributed by atoms with E-state index < -0.39 is 23.7 Å². The van der Waals surface area contributed by atoms with Crippen LogP contribution in [0.2, 0.25) is 0 Å². The summed E-state index contributed by atoms with van der Waals surface area (Å²) in [7, 11) is 0. The van der Waals surface area contributed by atoms with Crippen LogP contribution in [0.3, 0.4) is 0 Å². The SMILES string of the molecule is CC(C)(C)OC(=O)N1[C@H](C(=O)OCc2ccccc2)C[C@@]2(Cc3nc(CCO)no3)C[C@@H]12. The van der Waals surface area contributed by atoms with Crippen molar-refractivity contribution in [1.82, 2.24) is 15.0 Å². The Morgan fingerprint density at radius 3 is 2.69 bits per heavy atom. The first-order chi connectivity index (χ1) is 15.2. The summed E-state index contributed by atoms with van der Waals surface area (Å²) in [5.41, 5.74) is -0.123. The van der Waals surface area contributed by atoms with Crippen molar-refractivity contribution >= 4 is 12.1 Å². The number of rotatable bonds is 7. The molecule has 2 aliphatic rings. The number of piperidine rings is 1. The lowest BCUT2D eigenvalue weighted by Gasteiger charge is -2.29. The van der Waals surface area contributed by atoms with Crippen molar-refractivity contribution in [1.29, 1.82) is 0 Å². The van der Waals surface area contributed by atoms with E-state index >= 15 is 0 Å². The van der Waals surface area contributed by atoms with Crippen molar-refractivity contribution in [2.24, 2.45) is 5.41 Å². The lowest BCUT2D eigenvalue weighted by atomic mass is 9.95. The van der Waals surface area contributed by atoms with Gasteiger partial charge in [-0.25, -0.2) is 9.59 Å². The number of amides is 1. The van der Waals surface area contributed by atoms with Crippen LogP contribution in [0.25, 0.3) is 0 Å². The third-order valence-electron chi connectivity index (χ3n) is 5.87. The Kier molecular flexibility index (Phi) is 5.94. The molecule has 172 valence electrons. The minimum atomic E-state index is -0.729. The summed E-state index contributed by atoms with van der Waals surface area (Å²) in [5, 5.41) is 12.9. The second-order valence-corrected chi connectivity index (χ2v) is 9.54. The van der Waals surface area contributed by atoms with Gasteiger partial charge in [0.05, 0.1) is 6.61 Å². The van der Waals surface area contributed by atoms with Crippen molar-refractivity contribution in [2.45, 2.75) is 70.7 Å². The van der Waals surface area contributed by atoms with Gasteiger partial charge in [-0.05, 0) is 39.2 Å². The summed E-state index contributed by atoms with van der Waals surface area (Å²) in [6.07, 6.45) is 1.43. The van der Waals surface area contributed by atoms with Gasteiger partial charge in [-0.15, -0.1) is 0 Å². The number of hydrogen-bond donors (Lipinski definition) is 1. The number of fused-ring (bicyclic) bond motifs is 1. The van der Waals surface area contributed by atoms with Gasteiger partial charge in [-0.2, -0.15) is 4.98 Å². The Bertz CT molecular complexity index is 970. The van der Waals surface area contributed by atoms with Gasteiger partial charge in [0.1, 0.15) is 18.2 Å². The first-order valence-electron chi connectivity index (χ1n) is 10.8. The van der Waals surface area contributed by atoms with Crippen LogP contribution < -0.4 is 0 Å². The maximum absolute atomic E-state index is 13.0. The van der Waals surface area contributed by atoms with Crippen LogP contribution in [0, 0.1) is 5.41 Å². The summed E-state index contributed by atoms with van der Waals surface area (Å²) < 4.78 is 16.5. The number of carbonyl (C=O) groups excluding carboxylic acids is 2. The average Bonchev–Trinajstić information content (AvgIpc) is 3.07. The molecule has 1 saturated carbocycles. The zero-order valence-corrected chi connectivity index (χ0v) is 18.6. The summed E-state index contributed by atoms with van der Waals surface area (Å²) in [6, 6.07) is 8.54. The number of ether oxygens (including phenoxy) is 2. The van der Waals surface area contributed by atoms with Crippen molar-refractivity contribution in [3.05, 3.63) is 47.6 Å². The van der Waals surface area contributed by atoms with Crippen LogP contribution in [0.1, 0.15) is 50.9 Å². The number of carbonyl (C=O) groups is 2. The molecular formula is C23H29N3O6. The van der Waals surface area contributed by atoms with Crippen LogP contribution in [-0.2, 0) is 33.7 Å². The van der Waals surface area contributed by atoms with Crippen LogP contribution in [-0.4, -0.2) is 56.5 Å². The fourth-order valence-corrected chi connectivity index (χ4v) is 4.36. The van der Waals surface area contributed by atoms with Gasteiger partial charge in [0.2, 0.25) is 5.89 Å². The van der Waals surface area contributed by atoms with Gasteiger partial charge in [0.15, 0.2) is 5.82 Å². The minimum absolute atomic E-state index is 0.0610. The van der Waals surface area contributed by atoms with E-state index in [1.54, 1.807) is 20.8 Å². The standard InChI is InChI=1S/C23H29N3O6/c1-22(2,3)31-21(29)26-16(20(28)30-14-15-7-5-4-6-8-15)11-23(12-17(23)26)13-19-24-18(9-10-27)25-32-19/h4-8,16-17,27H,9-14H2,1-3H3/t16-,17+,23-/m0/s1. The molecule has 0 radical (unpaired) electrons. The number of esters is 1. The quantitative estimate of drug-likeness (QED) is 0.650. The number of nitrogens with zero attached hydrogens (tertiary/aromatic N) is 3. The van der Waals surface area contributed by atoms with Gasteiger partial charge in [-0.1, -0.05) is 35.5 Å². The van der Waals surface area contributed by atoms with Gasteiger partial charge in [0, 0.05) is 24.3 Å². The van der Waals surface area contributed by atoms with E-state index in [1.165, 1.54) is 4.90 Å². The summed E-state index contributed by atoms with van der Waals surface area (Å²) in [4.78, 5) is 31.8. The highest BCUT2D eigenvalue weighted by atomic mass is 16.6. The van der Waals surface area contributed by atoms with E-state index in [9.17, 15) is 9.59 Å². The van der Waals surface area contributed by atoms with E-state index in [4.69, 9.17) is 19.1 Å². The maximum atomic E-state index is 13.0. The minimum Gasteiger partial charge on any atom is -0.459 e. The van der Waals surface area contributed by atoms with E-state index in [1.807, 2.05) is 30.3 Å². The van der Waals surface area contributed by atoms with Gasteiger partial charge < -0.3 is 19.1 Å². The third-order valence-corrected chi connectivity index (χ3v) is 5.87. The molecule has 1 amide bonds. The van der Waals surface area contributed by atoms with Gasteiger partial charge in [0.25, 0.3) is 0 Å². The number of aromatic nitrogens is 2. The number of benzene rings is 1. The second-order valence-electron chi connectivity index (χ2n) is 9.54. The normalized spacial score (nSPS) is 24.2. The molecule has 4 rings (SSSR count). The molecule has 3 atom stereocenters. The molecule has 1 aliphatic carbocycles. The van der Waals surface area contributed by atoms with Crippen molar-refractivity contribution < 1.29 is 28.7 Å². The summed E-state index contributed by atoms with van der Waals surface area (Å²) >= 11 is 0. The van der Waals surface area contributed by atoms with Crippen molar-refractivity contribution in [2.75, 3.05) is 6.61 Å². The van der Waals surface area contributed by atoms with Crippen LogP contribution in [0.4, 0.5) is 4.79 Å². The van der Waals surface area contributed by atoms with Crippen molar-refractivity contribution in [3.63, 3.8) is 0 Å². The Morgan fingerprint density at radius 2 is 2.00 bits per heavy atom. The number of aliphatic hydroxyl groups is 1. The average molecular weight is 444 g/mol. The molecule has 9 nitrogen and oxygen atoms in total. The number of likely N-dealkylation sites (tertiary alicyclic amines) is 1. The highest BCUT2D eigenvalue weighted by molar-refractivity contribution is 5.83. The Labute approximate surface area is 186 Å². The van der Waals surface area contributed by atoms with E-state index in [0.29, 0.717) is 31.0 Å². The lowest BCUT2D eigenvalue weighted by molar-refractivity contribution is -0.150. The fraction of sp³-hybridized carbons (Fsp3) is 0.565. The summed E-state index contributed by atoms with van der Waals surface area (Å²) in [5.74, 6) is 0.438. The molecule has 2 fully saturated rings. The fourth-order valence-electron chi connectivity index (χ4n) is 4.36. The molecule has 9 heteroatoms. The molecule has 1 aromatic carbocycles. The molecule has 1 saturated heterocycles. The number of aliphatic hydroxyl groups excluding tert-OH is 1. The van der Waals surface area contributed by atoms with Crippen molar-refractivity contribution in [3.8, 4) is 0 Å². The smallest absolute Gasteiger partial charge is 0.411 e. The Hall–Kier alpha value is -2.94. The highest BCUT2D eigenvalue weighted by Crippen LogP contribution is 2.61. The second kappa shape index (κ2) is 8.54. The zero-order valence-electron chi connectivity index (χ0n) is 18.6. The van der Waals surface area contributed by atoms with E-state index in [0.717, 1.165) is 12.0 Å². The predicted octanol–water partition coefficient (Wildman–Crippen LogP) is 2.66. The first-order valence-corrected chi connectivity index (χ1v) is 10.8. The molecule has 32 heavy (non-hydrogen) atoms. The number of hydrogen-bond acceptors (Lipinski definition) is 8. The maximum Gasteiger partial charge on any atom is 0.411 e. The molecular weight excluding hydrogens is 414 g/mol. The molecule has 0 spiro atoms. The molecule has 1 N–H and O–H groups in total. The zero-order chi connectivity index (χ0) is 22.9. The third kappa shape index (κ3) is 4.77. The molecule has 0 unspecified atom stereocenters.